The number of hydrogen-bond acceptors (Lipinski definition) is 3. The van der Waals surface area contributed by atoms with Crippen LogP contribution < -0.4 is 5.73 Å². The highest BCUT2D eigenvalue weighted by Crippen LogP contribution is 2.26. The summed E-state index contributed by atoms with van der Waals surface area (Å²) in [5, 5.41) is 8.25. The predicted molar refractivity (Wildman–Crippen MR) is 43.3 cm³/mol. The number of halogens is 3. The van der Waals surface area contributed by atoms with Crippen LogP contribution in [0.4, 0.5) is 14.5 Å². The number of hydrogen-bond donors (Lipinski definition) is 1. The molecule has 1 aromatic heterocycles. The average molecular weight is 204 g/mol. The molecule has 2 N–H and O–H groups in total. The van der Waals surface area contributed by atoms with E-state index in [-0.39, 0.29) is 16.4 Å². The van der Waals surface area contributed by atoms with E-state index in [0.29, 0.717) is 0 Å². The molecule has 0 radical (unpaired) electrons. The SMILES string of the molecule is N#Cc1cc(N)c(Cl)nc1C(F)F. The van der Waals surface area contributed by atoms with Crippen LogP contribution in [0.1, 0.15) is 17.7 Å². The zero-order chi connectivity index (χ0) is 10.0. The fourth-order valence-corrected chi connectivity index (χ4v) is 0.921. The van der Waals surface area contributed by atoms with Gasteiger partial charge in [0.15, 0.2) is 5.15 Å². The van der Waals surface area contributed by atoms with Gasteiger partial charge in [0.25, 0.3) is 6.43 Å². The maximum absolute atomic E-state index is 12.2. The molecule has 0 fully saturated rings. The highest BCUT2D eigenvalue weighted by molar-refractivity contribution is 6.31. The summed E-state index contributed by atoms with van der Waals surface area (Å²) in [5.41, 5.74) is 4.40. The number of nitrogen functional groups attached to an aromatic ring is 1. The third kappa shape index (κ3) is 1.84. The Hall–Kier alpha value is -1.41. The van der Waals surface area contributed by atoms with Crippen molar-refractivity contribution in [2.45, 2.75) is 6.43 Å². The van der Waals surface area contributed by atoms with Gasteiger partial charge in [-0.2, -0.15) is 5.26 Å². The van der Waals surface area contributed by atoms with Crippen molar-refractivity contribution in [3.63, 3.8) is 0 Å². The Labute approximate surface area is 77.7 Å². The fourth-order valence-electron chi connectivity index (χ4n) is 0.775. The lowest BCUT2D eigenvalue weighted by Crippen LogP contribution is -1.99. The second-order valence-corrected chi connectivity index (χ2v) is 2.57. The zero-order valence-electron chi connectivity index (χ0n) is 6.26. The van der Waals surface area contributed by atoms with E-state index in [1.807, 2.05) is 0 Å². The van der Waals surface area contributed by atoms with E-state index in [1.54, 1.807) is 6.07 Å². The molecular weight excluding hydrogens is 200 g/mol. The van der Waals surface area contributed by atoms with Crippen LogP contribution in [0.5, 0.6) is 0 Å². The van der Waals surface area contributed by atoms with Crippen molar-refractivity contribution in [1.29, 1.82) is 5.26 Å². The van der Waals surface area contributed by atoms with Crippen LogP contribution in [0, 0.1) is 11.3 Å². The van der Waals surface area contributed by atoms with Gasteiger partial charge in [0, 0.05) is 0 Å². The lowest BCUT2D eigenvalue weighted by atomic mass is 10.2. The van der Waals surface area contributed by atoms with Gasteiger partial charge in [-0.15, -0.1) is 0 Å². The standard InChI is InChI=1S/C7H4ClF2N3/c8-6-4(12)1-3(2-11)5(13-6)7(9)10/h1,7H,12H2. The summed E-state index contributed by atoms with van der Waals surface area (Å²) in [6.07, 6.45) is -2.83. The monoisotopic (exact) mass is 203 g/mol. The number of rotatable bonds is 1. The summed E-state index contributed by atoms with van der Waals surface area (Å²) in [5.74, 6) is 0. The molecule has 0 aliphatic heterocycles. The van der Waals surface area contributed by atoms with Crippen LogP contribution in [-0.4, -0.2) is 4.98 Å². The number of nitrogens with zero attached hydrogens (tertiary/aromatic N) is 2. The molecule has 0 amide bonds. The molecule has 3 nitrogen and oxygen atoms in total. The van der Waals surface area contributed by atoms with Crippen LogP contribution >= 0.6 is 11.6 Å². The van der Waals surface area contributed by atoms with Crippen molar-refractivity contribution < 1.29 is 8.78 Å². The second-order valence-electron chi connectivity index (χ2n) is 2.21. The molecule has 0 saturated heterocycles. The van der Waals surface area contributed by atoms with Gasteiger partial charge < -0.3 is 5.73 Å². The van der Waals surface area contributed by atoms with Crippen molar-refractivity contribution in [1.82, 2.24) is 4.98 Å². The van der Waals surface area contributed by atoms with E-state index in [9.17, 15) is 8.78 Å². The molecule has 1 rings (SSSR count). The van der Waals surface area contributed by atoms with Crippen LogP contribution in [0.2, 0.25) is 5.15 Å². The topological polar surface area (TPSA) is 62.7 Å². The first-order valence-corrected chi connectivity index (χ1v) is 3.58. The Morgan fingerprint density at radius 3 is 2.69 bits per heavy atom. The summed E-state index contributed by atoms with van der Waals surface area (Å²) >= 11 is 5.41. The van der Waals surface area contributed by atoms with Gasteiger partial charge in [0.2, 0.25) is 0 Å². The molecule has 0 spiro atoms. The van der Waals surface area contributed by atoms with Crippen molar-refractivity contribution >= 4 is 17.3 Å². The highest BCUT2D eigenvalue weighted by atomic mass is 35.5. The minimum atomic E-state index is -2.83. The van der Waals surface area contributed by atoms with E-state index < -0.39 is 12.1 Å². The number of alkyl halides is 2. The first-order chi connectivity index (χ1) is 6.06. The van der Waals surface area contributed by atoms with Gasteiger partial charge in [-0.25, -0.2) is 13.8 Å². The highest BCUT2D eigenvalue weighted by Gasteiger charge is 2.16. The molecule has 1 aromatic rings. The first-order valence-electron chi connectivity index (χ1n) is 3.20. The Morgan fingerprint density at radius 2 is 2.23 bits per heavy atom. The predicted octanol–water partition coefficient (Wildman–Crippen LogP) is 2.13. The smallest absolute Gasteiger partial charge is 0.281 e. The molecule has 0 aromatic carbocycles. The summed E-state index contributed by atoms with van der Waals surface area (Å²) in [7, 11) is 0. The summed E-state index contributed by atoms with van der Waals surface area (Å²) < 4.78 is 24.4. The van der Waals surface area contributed by atoms with Gasteiger partial charge in [-0.05, 0) is 6.07 Å². The van der Waals surface area contributed by atoms with Gasteiger partial charge in [-0.3, -0.25) is 0 Å². The van der Waals surface area contributed by atoms with Crippen LogP contribution in [0.15, 0.2) is 6.07 Å². The average Bonchev–Trinajstić information content (AvgIpc) is 2.08. The Morgan fingerprint density at radius 1 is 1.62 bits per heavy atom. The third-order valence-corrected chi connectivity index (χ3v) is 1.66. The molecule has 13 heavy (non-hydrogen) atoms. The normalized spacial score (nSPS) is 10.1. The van der Waals surface area contributed by atoms with E-state index in [2.05, 4.69) is 4.98 Å². The fraction of sp³-hybridized carbons (Fsp3) is 0.143. The Bertz CT molecular complexity index is 373. The molecule has 0 atom stereocenters. The van der Waals surface area contributed by atoms with Gasteiger partial charge in [-0.1, -0.05) is 11.6 Å². The third-order valence-electron chi connectivity index (χ3n) is 1.36. The maximum atomic E-state index is 12.2. The Kier molecular flexibility index (Phi) is 2.63. The minimum Gasteiger partial charge on any atom is -0.396 e. The quantitative estimate of drug-likeness (QED) is 0.711. The number of pyridine rings is 1. The lowest BCUT2D eigenvalue weighted by molar-refractivity contribution is 0.146. The zero-order valence-corrected chi connectivity index (χ0v) is 7.02. The summed E-state index contributed by atoms with van der Waals surface area (Å²) in [6.45, 7) is 0. The number of anilines is 1. The van der Waals surface area contributed by atoms with Crippen LogP contribution in [0.3, 0.4) is 0 Å². The van der Waals surface area contributed by atoms with Crippen LogP contribution in [-0.2, 0) is 0 Å². The summed E-state index contributed by atoms with van der Waals surface area (Å²) in [4.78, 5) is 3.31. The molecular formula is C7H4ClF2N3. The van der Waals surface area contributed by atoms with E-state index in [0.717, 1.165) is 6.07 Å². The van der Waals surface area contributed by atoms with Crippen LogP contribution in [0.25, 0.3) is 0 Å². The maximum Gasteiger partial charge on any atom is 0.281 e. The second kappa shape index (κ2) is 3.54. The molecule has 6 heteroatoms. The lowest BCUT2D eigenvalue weighted by Gasteiger charge is -2.03. The van der Waals surface area contributed by atoms with Gasteiger partial charge in [0.1, 0.15) is 11.8 Å². The molecule has 0 bridgehead atoms. The minimum absolute atomic E-state index is 0.0163. The number of aromatic nitrogens is 1. The Balaban J connectivity index is 3.35. The number of nitriles is 1. The number of nitrogens with two attached hydrogens (primary N) is 1. The molecule has 0 unspecified atom stereocenters. The van der Waals surface area contributed by atoms with E-state index in [1.165, 1.54) is 0 Å². The molecule has 0 saturated carbocycles. The van der Waals surface area contributed by atoms with Gasteiger partial charge in [0.05, 0.1) is 11.3 Å². The molecule has 0 aliphatic rings. The van der Waals surface area contributed by atoms with E-state index >= 15 is 0 Å². The first kappa shape index (κ1) is 9.68. The van der Waals surface area contributed by atoms with Crippen molar-refractivity contribution in [2.24, 2.45) is 0 Å². The largest absolute Gasteiger partial charge is 0.396 e. The van der Waals surface area contributed by atoms with Crippen molar-refractivity contribution in [3.8, 4) is 6.07 Å². The molecule has 68 valence electrons. The van der Waals surface area contributed by atoms with Crippen molar-refractivity contribution in [2.75, 3.05) is 5.73 Å². The summed E-state index contributed by atoms with van der Waals surface area (Å²) in [6, 6.07) is 2.64. The van der Waals surface area contributed by atoms with Crippen molar-refractivity contribution in [3.05, 3.63) is 22.5 Å². The van der Waals surface area contributed by atoms with E-state index in [4.69, 9.17) is 22.6 Å². The molecule has 0 aliphatic carbocycles. The van der Waals surface area contributed by atoms with Gasteiger partial charge >= 0.3 is 0 Å². The molecule has 1 heterocycles.